The largest absolute Gasteiger partial charge is 0.378 e. The van der Waals surface area contributed by atoms with Gasteiger partial charge in [-0.05, 0) is 25.7 Å². The summed E-state index contributed by atoms with van der Waals surface area (Å²) in [6.45, 7) is 1.04. The summed E-state index contributed by atoms with van der Waals surface area (Å²) in [4.78, 5) is 9.39. The van der Waals surface area contributed by atoms with E-state index < -0.39 is 17.7 Å². The smallest absolute Gasteiger partial charge is 0.169 e. The summed E-state index contributed by atoms with van der Waals surface area (Å²) in [7, 11) is 5.06. The van der Waals surface area contributed by atoms with Gasteiger partial charge in [-0.2, -0.15) is 0 Å². The fourth-order valence-electron chi connectivity index (χ4n) is 6.29. The molecule has 2 unspecified atom stereocenters. The van der Waals surface area contributed by atoms with Crippen LogP contribution in [-0.2, 0) is 39.6 Å². The van der Waals surface area contributed by atoms with E-state index in [1.54, 1.807) is 33.7 Å². The maximum Gasteiger partial charge on any atom is 0.169 e. The van der Waals surface area contributed by atoms with E-state index in [2.05, 4.69) is 0 Å². The minimum absolute atomic E-state index is 0.106. The Morgan fingerprint density at radius 1 is 0.778 bits per heavy atom. The van der Waals surface area contributed by atoms with E-state index in [-0.39, 0.29) is 24.4 Å². The summed E-state index contributed by atoms with van der Waals surface area (Å²) < 4.78 is 42.6. The first kappa shape index (κ1) is 26.4. The molecule has 4 aliphatic rings. The number of methoxy groups -OCH3 is 3. The predicted octanol–water partition coefficient (Wildman–Crippen LogP) is 3.89. The number of rotatable bonds is 9. The van der Waals surface area contributed by atoms with E-state index in [0.29, 0.717) is 25.3 Å². The summed E-state index contributed by atoms with van der Waals surface area (Å²) >= 11 is 0. The lowest BCUT2D eigenvalue weighted by molar-refractivity contribution is -0.205. The SMILES string of the molecule is COC(c1cnc(C[C@H](OC)[C@H]2COC3(CCCCC3)O2)cn1)C(OC)[C@H]1COC2(CCCCC2)O1. The first-order valence-corrected chi connectivity index (χ1v) is 13.6. The van der Waals surface area contributed by atoms with Crippen molar-refractivity contribution in [1.29, 1.82) is 0 Å². The topological polar surface area (TPSA) is 90.4 Å². The molecule has 0 radical (unpaired) electrons. The van der Waals surface area contributed by atoms with Crippen LogP contribution < -0.4 is 0 Å². The van der Waals surface area contributed by atoms with Crippen LogP contribution >= 0.6 is 0 Å². The second kappa shape index (κ2) is 11.7. The maximum absolute atomic E-state index is 6.42. The molecule has 0 N–H and O–H groups in total. The Bertz CT molecular complexity index is 826. The van der Waals surface area contributed by atoms with Gasteiger partial charge in [-0.15, -0.1) is 0 Å². The maximum atomic E-state index is 6.42. The van der Waals surface area contributed by atoms with Crippen molar-refractivity contribution >= 4 is 0 Å². The van der Waals surface area contributed by atoms with Crippen LogP contribution in [0.1, 0.15) is 81.7 Å². The van der Waals surface area contributed by atoms with Crippen molar-refractivity contribution in [1.82, 2.24) is 9.97 Å². The van der Waals surface area contributed by atoms with Gasteiger partial charge in [-0.25, -0.2) is 0 Å². The van der Waals surface area contributed by atoms with Crippen molar-refractivity contribution in [3.8, 4) is 0 Å². The lowest BCUT2D eigenvalue weighted by Gasteiger charge is -2.33. The Hall–Kier alpha value is -1.20. The van der Waals surface area contributed by atoms with E-state index in [1.807, 2.05) is 0 Å². The standard InChI is InChI=1S/C27H42N2O7/c1-30-21(22-17-33-26(35-22)10-6-4-7-11-26)14-19-15-29-20(16-28-19)24(31-2)25(32-3)23-18-34-27(36-23)12-8-5-9-13-27/h15-16,21-25H,4-14,17-18H2,1-3H3/t21-,22+,23+,24?,25?/m0/s1. The Morgan fingerprint density at radius 2 is 1.39 bits per heavy atom. The average molecular weight is 507 g/mol. The zero-order valence-corrected chi connectivity index (χ0v) is 22.0. The van der Waals surface area contributed by atoms with E-state index >= 15 is 0 Å². The predicted molar refractivity (Wildman–Crippen MR) is 130 cm³/mol. The Kier molecular flexibility index (Phi) is 8.57. The van der Waals surface area contributed by atoms with Crippen molar-refractivity contribution in [3.63, 3.8) is 0 Å². The lowest BCUT2D eigenvalue weighted by Crippen LogP contribution is -2.40. The van der Waals surface area contributed by atoms with Gasteiger partial charge in [0.15, 0.2) is 11.6 Å². The Balaban J connectivity index is 1.21. The monoisotopic (exact) mass is 506 g/mol. The zero-order valence-electron chi connectivity index (χ0n) is 22.0. The molecule has 4 fully saturated rings. The van der Waals surface area contributed by atoms with E-state index in [9.17, 15) is 0 Å². The fraction of sp³-hybridized carbons (Fsp3) is 0.852. The number of hydrogen-bond donors (Lipinski definition) is 0. The molecule has 9 nitrogen and oxygen atoms in total. The van der Waals surface area contributed by atoms with Crippen LogP contribution in [0, 0.1) is 0 Å². The van der Waals surface area contributed by atoms with Crippen LogP contribution in [0.2, 0.25) is 0 Å². The van der Waals surface area contributed by atoms with Gasteiger partial charge in [0.25, 0.3) is 0 Å². The average Bonchev–Trinajstić information content (AvgIpc) is 3.51. The molecular formula is C27H42N2O7. The van der Waals surface area contributed by atoms with Gasteiger partial charge in [0.2, 0.25) is 0 Å². The second-order valence-electron chi connectivity index (χ2n) is 10.6. The Morgan fingerprint density at radius 3 is 1.92 bits per heavy atom. The first-order chi connectivity index (χ1) is 17.6. The Labute approximate surface area is 214 Å². The zero-order chi connectivity index (χ0) is 25.0. The summed E-state index contributed by atoms with van der Waals surface area (Å²) in [6, 6.07) is 0. The molecule has 0 aromatic carbocycles. The van der Waals surface area contributed by atoms with Gasteiger partial charge in [-0.1, -0.05) is 12.8 Å². The molecule has 202 valence electrons. The normalized spacial score (nSPS) is 30.0. The third-order valence-electron chi connectivity index (χ3n) is 8.32. The van der Waals surface area contributed by atoms with Gasteiger partial charge < -0.3 is 33.2 Å². The van der Waals surface area contributed by atoms with Crippen molar-refractivity contribution < 1.29 is 33.2 Å². The molecular weight excluding hydrogens is 464 g/mol. The molecule has 2 aliphatic carbocycles. The quantitative estimate of drug-likeness (QED) is 0.495. The van der Waals surface area contributed by atoms with Crippen molar-refractivity contribution in [2.45, 2.75) is 113 Å². The third-order valence-corrected chi connectivity index (χ3v) is 8.32. The van der Waals surface area contributed by atoms with E-state index in [0.717, 1.165) is 57.1 Å². The highest BCUT2D eigenvalue weighted by molar-refractivity contribution is 5.10. The highest BCUT2D eigenvalue weighted by Gasteiger charge is 2.48. The van der Waals surface area contributed by atoms with Crippen LogP contribution in [0.3, 0.4) is 0 Å². The first-order valence-electron chi connectivity index (χ1n) is 13.6. The fourth-order valence-corrected chi connectivity index (χ4v) is 6.29. The van der Waals surface area contributed by atoms with Crippen LogP contribution in [0.25, 0.3) is 0 Å². The minimum atomic E-state index is -0.467. The molecule has 0 amide bonds. The molecule has 0 bridgehead atoms. The number of nitrogens with zero attached hydrogens (tertiary/aromatic N) is 2. The van der Waals surface area contributed by atoms with E-state index in [1.165, 1.54) is 12.8 Å². The van der Waals surface area contributed by atoms with Gasteiger partial charge >= 0.3 is 0 Å². The van der Waals surface area contributed by atoms with Gasteiger partial charge in [0.1, 0.15) is 24.4 Å². The van der Waals surface area contributed by atoms with Gasteiger partial charge in [0.05, 0.1) is 36.9 Å². The molecule has 9 heteroatoms. The molecule has 1 aromatic rings. The summed E-state index contributed by atoms with van der Waals surface area (Å²) in [6.07, 6.45) is 13.8. The minimum Gasteiger partial charge on any atom is -0.378 e. The molecule has 36 heavy (non-hydrogen) atoms. The number of hydrogen-bond acceptors (Lipinski definition) is 9. The van der Waals surface area contributed by atoms with Crippen LogP contribution in [0.15, 0.2) is 12.4 Å². The molecule has 2 aliphatic heterocycles. The van der Waals surface area contributed by atoms with Crippen LogP contribution in [0.5, 0.6) is 0 Å². The summed E-state index contributed by atoms with van der Waals surface area (Å²) in [5.41, 5.74) is 1.54. The molecule has 2 saturated heterocycles. The molecule has 1 aromatic heterocycles. The lowest BCUT2D eigenvalue weighted by atomic mass is 9.94. The van der Waals surface area contributed by atoms with Crippen LogP contribution in [0.4, 0.5) is 0 Å². The molecule has 2 spiro atoms. The van der Waals surface area contributed by atoms with Crippen molar-refractivity contribution in [2.24, 2.45) is 0 Å². The summed E-state index contributed by atoms with van der Waals surface area (Å²) in [5.74, 6) is -0.886. The second-order valence-corrected chi connectivity index (χ2v) is 10.6. The molecule has 2 saturated carbocycles. The van der Waals surface area contributed by atoms with E-state index in [4.69, 9.17) is 43.1 Å². The molecule has 3 heterocycles. The van der Waals surface area contributed by atoms with Gasteiger partial charge in [-0.3, -0.25) is 9.97 Å². The van der Waals surface area contributed by atoms with Crippen molar-refractivity contribution in [3.05, 3.63) is 23.8 Å². The van der Waals surface area contributed by atoms with Gasteiger partial charge in [0, 0.05) is 59.6 Å². The summed E-state index contributed by atoms with van der Waals surface area (Å²) in [5, 5.41) is 0. The molecule has 5 atom stereocenters. The number of aromatic nitrogens is 2. The van der Waals surface area contributed by atoms with Crippen LogP contribution in [-0.4, -0.2) is 80.5 Å². The third kappa shape index (κ3) is 5.62. The number of ether oxygens (including phenoxy) is 7. The highest BCUT2D eigenvalue weighted by Crippen LogP contribution is 2.41. The van der Waals surface area contributed by atoms with Crippen molar-refractivity contribution in [2.75, 3.05) is 34.5 Å². The highest BCUT2D eigenvalue weighted by atomic mass is 16.8. The molecule has 5 rings (SSSR count).